The van der Waals surface area contributed by atoms with Crippen LogP contribution in [0.15, 0.2) is 12.1 Å². The average molecular weight is 479 g/mol. The van der Waals surface area contributed by atoms with E-state index in [2.05, 4.69) is 6.92 Å². The molecule has 1 spiro atoms. The van der Waals surface area contributed by atoms with Gasteiger partial charge in [0.05, 0.1) is 5.01 Å². The second-order valence-electron chi connectivity index (χ2n) is 11.0. The maximum absolute atomic E-state index is 13.3. The summed E-state index contributed by atoms with van der Waals surface area (Å²) in [4.78, 5) is 34.4. The molecule has 1 saturated carbocycles. The molecule has 1 amide bonds. The highest BCUT2D eigenvalue weighted by Crippen LogP contribution is 2.48. The van der Waals surface area contributed by atoms with Gasteiger partial charge in [-0.05, 0) is 69.1 Å². The van der Waals surface area contributed by atoms with Crippen molar-refractivity contribution < 1.29 is 9.59 Å². The third kappa shape index (κ3) is 3.88. The van der Waals surface area contributed by atoms with Crippen molar-refractivity contribution in [2.45, 2.75) is 77.6 Å². The highest BCUT2D eigenvalue weighted by atomic mass is 32.1. The van der Waals surface area contributed by atoms with Crippen LogP contribution in [0.1, 0.15) is 101 Å². The Morgan fingerprint density at radius 3 is 2.47 bits per heavy atom. The molecular weight excluding hydrogens is 444 g/mol. The molecule has 1 aromatic carbocycles. The van der Waals surface area contributed by atoms with E-state index in [1.54, 1.807) is 24.3 Å². The molecule has 0 atom stereocenters. The summed E-state index contributed by atoms with van der Waals surface area (Å²) in [7, 11) is 0. The number of ketones is 1. The van der Waals surface area contributed by atoms with Gasteiger partial charge in [0, 0.05) is 52.3 Å². The quantitative estimate of drug-likeness (QED) is 0.461. The Labute approximate surface area is 205 Å². The number of amides is 1. The molecule has 1 aromatic heterocycles. The minimum atomic E-state index is -0.0605. The van der Waals surface area contributed by atoms with E-state index in [0.29, 0.717) is 42.0 Å². The fourth-order valence-electron chi connectivity index (χ4n) is 6.10. The number of nitrogens with one attached hydrogen (secondary N) is 1. The molecule has 1 aliphatic heterocycles. The Kier molecular flexibility index (Phi) is 5.66. The van der Waals surface area contributed by atoms with E-state index in [0.717, 1.165) is 35.5 Å². The summed E-state index contributed by atoms with van der Waals surface area (Å²) < 4.78 is 0. The number of aromatic nitrogens is 1. The number of nitrogens with two attached hydrogens (primary N) is 1. The summed E-state index contributed by atoms with van der Waals surface area (Å²) in [6, 6.07) is 3.57. The number of hydrogen-bond donors (Lipinski definition) is 2. The summed E-state index contributed by atoms with van der Waals surface area (Å²) in [6.45, 7) is 7.17. The number of nitrogens with zero attached hydrogens (tertiary/aromatic N) is 2. The zero-order valence-corrected chi connectivity index (χ0v) is 21.2. The molecule has 7 heteroatoms. The van der Waals surface area contributed by atoms with Gasteiger partial charge in [-0.2, -0.15) is 0 Å². The summed E-state index contributed by atoms with van der Waals surface area (Å²) in [6.07, 6.45) is 7.94. The maximum Gasteiger partial charge on any atom is 0.253 e. The van der Waals surface area contributed by atoms with Gasteiger partial charge in [-0.1, -0.05) is 19.8 Å². The molecule has 5 rings (SSSR count). The summed E-state index contributed by atoms with van der Waals surface area (Å²) in [5, 5.41) is 9.15. The highest BCUT2D eigenvalue weighted by molar-refractivity contribution is 7.12. The van der Waals surface area contributed by atoms with Crippen LogP contribution in [0, 0.1) is 17.7 Å². The molecule has 2 aromatic rings. The molecule has 2 heterocycles. The van der Waals surface area contributed by atoms with Gasteiger partial charge in [0.1, 0.15) is 5.69 Å². The van der Waals surface area contributed by atoms with Crippen molar-refractivity contribution in [3.05, 3.63) is 44.4 Å². The van der Waals surface area contributed by atoms with Crippen molar-refractivity contribution in [1.29, 1.82) is 5.41 Å². The van der Waals surface area contributed by atoms with Gasteiger partial charge >= 0.3 is 0 Å². The number of nitrogen functional groups attached to an aromatic ring is 1. The molecule has 2 aliphatic carbocycles. The number of rotatable bonds is 3. The number of Topliss-reactive ketones (excluding diaryl/α,β-unsaturated/α-hetero) is 1. The first kappa shape index (κ1) is 23.2. The molecule has 34 heavy (non-hydrogen) atoms. The molecule has 180 valence electrons. The van der Waals surface area contributed by atoms with Gasteiger partial charge in [0.2, 0.25) is 0 Å². The second kappa shape index (κ2) is 8.29. The summed E-state index contributed by atoms with van der Waals surface area (Å²) >= 11 is 1.77. The number of benzene rings is 1. The number of carbonyl (C=O) groups excluding carboxylic acids is 2. The zero-order chi connectivity index (χ0) is 24.3. The molecule has 0 bridgehead atoms. The number of likely N-dealkylation sites (tertiary alicyclic amines) is 1. The Morgan fingerprint density at radius 1 is 1.15 bits per heavy atom. The lowest BCUT2D eigenvalue weighted by Crippen LogP contribution is -2.46. The monoisotopic (exact) mass is 478 g/mol. The first-order valence-corrected chi connectivity index (χ1v) is 13.2. The van der Waals surface area contributed by atoms with E-state index in [-0.39, 0.29) is 22.5 Å². The predicted molar refractivity (Wildman–Crippen MR) is 136 cm³/mol. The van der Waals surface area contributed by atoms with Gasteiger partial charge in [-0.25, -0.2) is 4.98 Å². The first-order valence-electron chi connectivity index (χ1n) is 12.4. The van der Waals surface area contributed by atoms with E-state index in [1.807, 2.05) is 17.9 Å². The molecule has 1 saturated heterocycles. The van der Waals surface area contributed by atoms with Crippen molar-refractivity contribution in [2.24, 2.45) is 5.41 Å². The lowest BCUT2D eigenvalue weighted by atomic mass is 9.68. The van der Waals surface area contributed by atoms with Crippen molar-refractivity contribution in [2.75, 3.05) is 18.8 Å². The van der Waals surface area contributed by atoms with Gasteiger partial charge in [0.15, 0.2) is 5.78 Å². The molecule has 3 N–H and O–H groups in total. The largest absolute Gasteiger partial charge is 0.398 e. The van der Waals surface area contributed by atoms with Crippen LogP contribution in [0.4, 0.5) is 5.69 Å². The Hall–Kier alpha value is -2.54. The number of piperidine rings is 1. The minimum absolute atomic E-state index is 0.0162. The standard InChI is InChI=1S/C27H34N4O2S/c1-16-12-18(13-19(17(2)28)22(16)29)24(33)31-10-8-27(9-11-31)14-20(32)23-21(15-27)34-25(30-23)26(3)6-4-5-7-26/h12-13,28H,4-11,14-15,29H2,1-3H3. The molecule has 3 aliphatic rings. The normalized spacial score (nSPS) is 21.0. The van der Waals surface area contributed by atoms with Crippen LogP contribution in [0.3, 0.4) is 0 Å². The minimum Gasteiger partial charge on any atom is -0.398 e. The zero-order valence-electron chi connectivity index (χ0n) is 20.4. The molecule has 0 radical (unpaired) electrons. The number of thiazole rings is 1. The SMILES string of the molecule is CC(=N)c1cc(C(=O)N2CCC3(CC2)CC(=O)c2nc(C4(C)CCCC4)sc2C3)cc(C)c1N. The molecule has 2 fully saturated rings. The first-order chi connectivity index (χ1) is 16.1. The second-order valence-corrected chi connectivity index (χ2v) is 12.1. The third-order valence-corrected chi connectivity index (χ3v) is 9.77. The van der Waals surface area contributed by atoms with E-state index in [9.17, 15) is 9.59 Å². The van der Waals surface area contributed by atoms with Crippen LogP contribution < -0.4 is 5.73 Å². The van der Waals surface area contributed by atoms with Crippen LogP contribution in [-0.2, 0) is 11.8 Å². The molecular formula is C27H34N4O2S. The van der Waals surface area contributed by atoms with E-state index >= 15 is 0 Å². The van der Waals surface area contributed by atoms with Crippen LogP contribution in [0.5, 0.6) is 0 Å². The van der Waals surface area contributed by atoms with Crippen LogP contribution in [-0.4, -0.2) is 40.4 Å². The highest BCUT2D eigenvalue weighted by Gasteiger charge is 2.45. The van der Waals surface area contributed by atoms with Gasteiger partial charge in [-0.3, -0.25) is 9.59 Å². The van der Waals surface area contributed by atoms with Crippen molar-refractivity contribution >= 4 is 34.4 Å². The van der Waals surface area contributed by atoms with Crippen LogP contribution >= 0.6 is 11.3 Å². The van der Waals surface area contributed by atoms with Crippen molar-refractivity contribution in [3.8, 4) is 0 Å². The van der Waals surface area contributed by atoms with Crippen molar-refractivity contribution in [1.82, 2.24) is 9.88 Å². The maximum atomic E-state index is 13.3. The average Bonchev–Trinajstić information content (AvgIpc) is 3.43. The number of carbonyl (C=O) groups is 2. The Bertz CT molecular complexity index is 1180. The van der Waals surface area contributed by atoms with Crippen LogP contribution in [0.25, 0.3) is 0 Å². The predicted octanol–water partition coefficient (Wildman–Crippen LogP) is 5.30. The topological polar surface area (TPSA) is 100 Å². The number of aryl methyl sites for hydroxylation is 1. The van der Waals surface area contributed by atoms with Gasteiger partial charge in [-0.15, -0.1) is 11.3 Å². The Balaban J connectivity index is 1.32. The lowest BCUT2D eigenvalue weighted by Gasteiger charge is -2.43. The van der Waals surface area contributed by atoms with E-state index < -0.39 is 0 Å². The lowest BCUT2D eigenvalue weighted by molar-refractivity contribution is 0.0522. The fourth-order valence-corrected chi connectivity index (χ4v) is 7.55. The van der Waals surface area contributed by atoms with Crippen molar-refractivity contribution in [3.63, 3.8) is 0 Å². The van der Waals surface area contributed by atoms with Gasteiger partial charge < -0.3 is 16.0 Å². The number of hydrogen-bond acceptors (Lipinski definition) is 6. The number of fused-ring (bicyclic) bond motifs is 1. The fraction of sp³-hybridized carbons (Fsp3) is 0.556. The van der Waals surface area contributed by atoms with E-state index in [4.69, 9.17) is 16.1 Å². The third-order valence-electron chi connectivity index (χ3n) is 8.41. The van der Waals surface area contributed by atoms with Gasteiger partial charge in [0.25, 0.3) is 5.91 Å². The molecule has 6 nitrogen and oxygen atoms in total. The molecule has 0 unspecified atom stereocenters. The Morgan fingerprint density at radius 2 is 1.82 bits per heavy atom. The summed E-state index contributed by atoms with van der Waals surface area (Å²) in [5.74, 6) is 0.169. The van der Waals surface area contributed by atoms with E-state index in [1.165, 1.54) is 30.6 Å². The number of anilines is 1. The summed E-state index contributed by atoms with van der Waals surface area (Å²) in [5.41, 5.74) is 9.88. The van der Waals surface area contributed by atoms with Crippen LogP contribution in [0.2, 0.25) is 0 Å². The smallest absolute Gasteiger partial charge is 0.253 e.